The van der Waals surface area contributed by atoms with E-state index in [0.29, 0.717) is 19.5 Å². The van der Waals surface area contributed by atoms with Gasteiger partial charge >= 0.3 is 0 Å². The predicted molar refractivity (Wildman–Crippen MR) is 88.3 cm³/mol. The van der Waals surface area contributed by atoms with E-state index in [9.17, 15) is 13.2 Å². The molecule has 2 heterocycles. The van der Waals surface area contributed by atoms with Gasteiger partial charge in [-0.25, -0.2) is 8.42 Å². The first kappa shape index (κ1) is 20.9. The standard InChI is InChI=1S/C12H23N3O3S.2ClH/c1-2-15(11-3-8-19(17,18)10-11)12(16)9-14-6-4-13-5-7-14;;/h11,13H,2-10H2,1H3;2*1H. The van der Waals surface area contributed by atoms with Gasteiger partial charge in [-0.3, -0.25) is 9.69 Å². The van der Waals surface area contributed by atoms with Gasteiger partial charge < -0.3 is 10.2 Å². The number of amides is 1. The van der Waals surface area contributed by atoms with Crippen LogP contribution in [0.25, 0.3) is 0 Å². The van der Waals surface area contributed by atoms with Crippen molar-refractivity contribution in [3.63, 3.8) is 0 Å². The molecule has 0 aliphatic carbocycles. The Hall–Kier alpha value is -0.0800. The second-order valence-corrected chi connectivity index (χ2v) is 7.49. The molecule has 126 valence electrons. The van der Waals surface area contributed by atoms with Gasteiger partial charge in [-0.05, 0) is 13.3 Å². The van der Waals surface area contributed by atoms with Crippen LogP contribution in [0, 0.1) is 0 Å². The average molecular weight is 362 g/mol. The predicted octanol–water partition coefficient (Wildman–Crippen LogP) is -0.229. The van der Waals surface area contributed by atoms with E-state index < -0.39 is 9.84 Å². The molecule has 0 spiro atoms. The van der Waals surface area contributed by atoms with Crippen molar-refractivity contribution >= 4 is 40.6 Å². The number of sulfone groups is 1. The van der Waals surface area contributed by atoms with E-state index >= 15 is 0 Å². The first-order valence-corrected chi connectivity index (χ1v) is 8.77. The highest BCUT2D eigenvalue weighted by Crippen LogP contribution is 2.18. The summed E-state index contributed by atoms with van der Waals surface area (Å²) in [5, 5.41) is 3.25. The van der Waals surface area contributed by atoms with Crippen LogP contribution in [0.3, 0.4) is 0 Å². The molecule has 2 aliphatic rings. The van der Waals surface area contributed by atoms with E-state index in [1.54, 1.807) is 4.90 Å². The van der Waals surface area contributed by atoms with Crippen LogP contribution in [0.1, 0.15) is 13.3 Å². The second kappa shape index (κ2) is 9.15. The summed E-state index contributed by atoms with van der Waals surface area (Å²) in [7, 11) is -2.93. The van der Waals surface area contributed by atoms with E-state index in [1.807, 2.05) is 6.92 Å². The molecule has 1 atom stereocenters. The smallest absolute Gasteiger partial charge is 0.237 e. The van der Waals surface area contributed by atoms with Crippen LogP contribution in [-0.2, 0) is 14.6 Å². The normalized spacial score (nSPS) is 24.7. The molecule has 2 aliphatic heterocycles. The molecule has 6 nitrogen and oxygen atoms in total. The zero-order valence-corrected chi connectivity index (χ0v) is 14.7. The van der Waals surface area contributed by atoms with E-state index in [2.05, 4.69) is 10.2 Å². The highest BCUT2D eigenvalue weighted by atomic mass is 35.5. The lowest BCUT2D eigenvalue weighted by atomic mass is 10.2. The van der Waals surface area contributed by atoms with Crippen molar-refractivity contribution < 1.29 is 13.2 Å². The average Bonchev–Trinajstić information content (AvgIpc) is 2.72. The van der Waals surface area contributed by atoms with Crippen molar-refractivity contribution in [3.8, 4) is 0 Å². The summed E-state index contributed by atoms with van der Waals surface area (Å²) < 4.78 is 23.0. The summed E-state index contributed by atoms with van der Waals surface area (Å²) in [6, 6.07) is -0.120. The quantitative estimate of drug-likeness (QED) is 0.748. The fourth-order valence-electron chi connectivity index (χ4n) is 2.81. The van der Waals surface area contributed by atoms with E-state index in [0.717, 1.165) is 26.2 Å². The minimum Gasteiger partial charge on any atom is -0.338 e. The molecule has 9 heteroatoms. The van der Waals surface area contributed by atoms with Gasteiger partial charge in [0.2, 0.25) is 5.91 Å². The third-order valence-corrected chi connectivity index (χ3v) is 5.63. The van der Waals surface area contributed by atoms with Crippen LogP contribution in [0.4, 0.5) is 0 Å². The number of nitrogens with zero attached hydrogens (tertiary/aromatic N) is 2. The Kier molecular flexibility index (Phi) is 9.11. The van der Waals surface area contributed by atoms with Crippen LogP contribution in [-0.4, -0.2) is 80.9 Å². The van der Waals surface area contributed by atoms with Crippen LogP contribution in [0.5, 0.6) is 0 Å². The highest BCUT2D eigenvalue weighted by Gasteiger charge is 2.34. The Morgan fingerprint density at radius 3 is 2.38 bits per heavy atom. The highest BCUT2D eigenvalue weighted by molar-refractivity contribution is 7.91. The molecule has 2 saturated heterocycles. The summed E-state index contributed by atoms with van der Waals surface area (Å²) in [5.74, 6) is 0.412. The molecule has 1 unspecified atom stereocenters. The Labute approximate surface area is 139 Å². The topological polar surface area (TPSA) is 69.7 Å². The summed E-state index contributed by atoms with van der Waals surface area (Å²) in [5.41, 5.74) is 0. The van der Waals surface area contributed by atoms with Crippen LogP contribution in [0.15, 0.2) is 0 Å². The summed E-state index contributed by atoms with van der Waals surface area (Å²) in [6.45, 7) is 6.50. The number of carbonyl (C=O) groups excluding carboxylic acids is 1. The van der Waals surface area contributed by atoms with Gasteiger partial charge in [0.05, 0.1) is 18.1 Å². The Morgan fingerprint density at radius 1 is 1.29 bits per heavy atom. The Bertz CT molecular complexity index is 427. The van der Waals surface area contributed by atoms with Gasteiger partial charge in [-0.15, -0.1) is 24.8 Å². The van der Waals surface area contributed by atoms with Crippen LogP contribution >= 0.6 is 24.8 Å². The van der Waals surface area contributed by atoms with Crippen LogP contribution in [0.2, 0.25) is 0 Å². The van der Waals surface area contributed by atoms with E-state index in [4.69, 9.17) is 0 Å². The first-order valence-electron chi connectivity index (χ1n) is 6.95. The number of carbonyl (C=O) groups is 1. The maximum atomic E-state index is 12.3. The van der Waals surface area contributed by atoms with Crippen LogP contribution < -0.4 is 5.32 Å². The van der Waals surface area contributed by atoms with Gasteiger partial charge in [-0.1, -0.05) is 0 Å². The minimum absolute atomic E-state index is 0. The molecule has 0 aromatic carbocycles. The van der Waals surface area contributed by atoms with Crippen molar-refractivity contribution in [1.29, 1.82) is 0 Å². The second-order valence-electron chi connectivity index (χ2n) is 5.26. The molecule has 0 radical (unpaired) electrons. The monoisotopic (exact) mass is 361 g/mol. The zero-order chi connectivity index (χ0) is 13.9. The zero-order valence-electron chi connectivity index (χ0n) is 12.3. The first-order chi connectivity index (χ1) is 9.02. The van der Waals surface area contributed by atoms with Crippen molar-refractivity contribution in [3.05, 3.63) is 0 Å². The molecule has 1 N–H and O–H groups in total. The Balaban J connectivity index is 0.00000200. The molecule has 1 amide bonds. The molecule has 2 rings (SSSR count). The van der Waals surface area contributed by atoms with Gasteiger partial charge in [-0.2, -0.15) is 0 Å². The van der Waals surface area contributed by atoms with Crippen molar-refractivity contribution in [1.82, 2.24) is 15.1 Å². The number of rotatable bonds is 4. The largest absolute Gasteiger partial charge is 0.338 e. The van der Waals surface area contributed by atoms with Gasteiger partial charge in [0.1, 0.15) is 0 Å². The summed E-state index contributed by atoms with van der Waals surface area (Å²) in [6.07, 6.45) is 0.587. The van der Waals surface area contributed by atoms with Crippen molar-refractivity contribution in [2.75, 3.05) is 50.8 Å². The molecule has 0 bridgehead atoms. The molecular weight excluding hydrogens is 337 g/mol. The van der Waals surface area contributed by atoms with Gasteiger partial charge in [0.25, 0.3) is 0 Å². The molecule has 21 heavy (non-hydrogen) atoms. The number of hydrogen-bond acceptors (Lipinski definition) is 5. The lowest BCUT2D eigenvalue weighted by Crippen LogP contribution is -2.50. The van der Waals surface area contributed by atoms with Gasteiger partial charge in [0, 0.05) is 38.8 Å². The number of nitrogens with one attached hydrogen (secondary N) is 1. The fraction of sp³-hybridized carbons (Fsp3) is 0.917. The minimum atomic E-state index is -2.93. The van der Waals surface area contributed by atoms with Gasteiger partial charge in [0.15, 0.2) is 9.84 Å². The number of likely N-dealkylation sites (N-methyl/N-ethyl adjacent to an activating group) is 1. The third-order valence-electron chi connectivity index (χ3n) is 3.88. The van der Waals surface area contributed by atoms with Crippen molar-refractivity contribution in [2.45, 2.75) is 19.4 Å². The summed E-state index contributed by atoms with van der Waals surface area (Å²) in [4.78, 5) is 16.2. The summed E-state index contributed by atoms with van der Waals surface area (Å²) >= 11 is 0. The number of halogens is 2. The third kappa shape index (κ3) is 5.90. The molecule has 0 aromatic rings. The lowest BCUT2D eigenvalue weighted by molar-refractivity contribution is -0.134. The molecule has 0 aromatic heterocycles. The van der Waals surface area contributed by atoms with E-state index in [-0.39, 0.29) is 48.3 Å². The maximum Gasteiger partial charge on any atom is 0.237 e. The number of piperazine rings is 1. The maximum absolute atomic E-state index is 12.3. The lowest BCUT2D eigenvalue weighted by Gasteiger charge is -2.32. The SMILES string of the molecule is CCN(C(=O)CN1CCNCC1)C1CCS(=O)(=O)C1.Cl.Cl. The fourth-order valence-corrected chi connectivity index (χ4v) is 4.54. The molecule has 0 saturated carbocycles. The molecule has 2 fully saturated rings. The van der Waals surface area contributed by atoms with E-state index in [1.165, 1.54) is 0 Å². The number of hydrogen-bond donors (Lipinski definition) is 1. The molecular formula is C12H25Cl2N3O3S. The van der Waals surface area contributed by atoms with Crippen molar-refractivity contribution in [2.24, 2.45) is 0 Å². The Morgan fingerprint density at radius 2 is 1.90 bits per heavy atom.